The normalized spacial score (nSPS) is 18.3. The highest BCUT2D eigenvalue weighted by atomic mass is 16.5. The lowest BCUT2D eigenvalue weighted by Gasteiger charge is -2.23. The van der Waals surface area contributed by atoms with Crippen molar-refractivity contribution < 1.29 is 33.4 Å². The Morgan fingerprint density at radius 1 is 0.913 bits per heavy atom. The van der Waals surface area contributed by atoms with Crippen LogP contribution in [0.4, 0.5) is 0 Å². The van der Waals surface area contributed by atoms with E-state index in [0.717, 1.165) is 5.56 Å². The van der Waals surface area contributed by atoms with Crippen LogP contribution in [0.3, 0.4) is 0 Å². The quantitative estimate of drug-likeness (QED) is 0.205. The van der Waals surface area contributed by atoms with Gasteiger partial charge in [-0.15, -0.1) is 5.10 Å². The first kappa shape index (κ1) is 34.1. The first-order chi connectivity index (χ1) is 22.5. The van der Waals surface area contributed by atoms with Crippen LogP contribution in [0.15, 0.2) is 66.9 Å². The molecular formula is C32H41N7O7. The van der Waals surface area contributed by atoms with Crippen LogP contribution in [0.25, 0.3) is 0 Å². The van der Waals surface area contributed by atoms with Crippen LogP contribution < -0.4 is 26.0 Å². The summed E-state index contributed by atoms with van der Waals surface area (Å²) in [6.07, 6.45) is 3.17. The number of carbonyl (C=O) groups is 4. The molecule has 2 aromatic carbocycles. The van der Waals surface area contributed by atoms with Crippen molar-refractivity contribution in [2.45, 2.75) is 44.3 Å². The summed E-state index contributed by atoms with van der Waals surface area (Å²) in [6, 6.07) is 16.9. The molecule has 14 heteroatoms. The van der Waals surface area contributed by atoms with E-state index < -0.39 is 29.8 Å². The highest BCUT2D eigenvalue weighted by Gasteiger charge is 2.28. The van der Waals surface area contributed by atoms with Gasteiger partial charge in [-0.1, -0.05) is 53.7 Å². The summed E-state index contributed by atoms with van der Waals surface area (Å²) >= 11 is 0. The topological polar surface area (TPSA) is 175 Å². The van der Waals surface area contributed by atoms with Gasteiger partial charge in [-0.05, 0) is 37.0 Å². The molecule has 46 heavy (non-hydrogen) atoms. The molecule has 0 aliphatic carbocycles. The second kappa shape index (κ2) is 18.9. The van der Waals surface area contributed by atoms with E-state index in [1.165, 1.54) is 0 Å². The molecule has 0 bridgehead atoms. The van der Waals surface area contributed by atoms with Gasteiger partial charge in [0.1, 0.15) is 24.4 Å². The van der Waals surface area contributed by atoms with Gasteiger partial charge in [0.2, 0.25) is 17.7 Å². The molecule has 1 aliphatic rings. The molecule has 4 amide bonds. The fourth-order valence-corrected chi connectivity index (χ4v) is 4.65. The van der Waals surface area contributed by atoms with E-state index in [1.807, 2.05) is 48.5 Å². The Labute approximate surface area is 267 Å². The van der Waals surface area contributed by atoms with Crippen molar-refractivity contribution >= 4 is 23.6 Å². The van der Waals surface area contributed by atoms with Crippen molar-refractivity contribution in [2.24, 2.45) is 0 Å². The molecular weight excluding hydrogens is 594 g/mol. The minimum Gasteiger partial charge on any atom is -0.484 e. The standard InChI is InChI=1S/C32H41N7O7/c40-29(23-46-26-11-5-2-6-12-26)33-14-8-7-13-27-32(43)36-28(31(42)34-15-16-44-17-18-45-22-30(41)35-27)19-25-21-39(38-37-25)20-24-9-3-1-4-10-24/h1-6,9-12,21,27-28H,7-8,13-20,22-23H2,(H,33,40)(H,34,42)(H,35,41)(H,36,43). The Bertz CT molecular complexity index is 1390. The third-order valence-electron chi connectivity index (χ3n) is 6.98. The van der Waals surface area contributed by atoms with Gasteiger partial charge in [0.15, 0.2) is 6.61 Å². The molecule has 0 spiro atoms. The average Bonchev–Trinajstić information content (AvgIpc) is 3.50. The van der Waals surface area contributed by atoms with Crippen molar-refractivity contribution in [3.8, 4) is 5.75 Å². The van der Waals surface area contributed by atoms with Gasteiger partial charge in [-0.3, -0.25) is 19.2 Å². The van der Waals surface area contributed by atoms with Crippen molar-refractivity contribution in [2.75, 3.05) is 46.1 Å². The molecule has 4 rings (SSSR count). The van der Waals surface area contributed by atoms with Gasteiger partial charge < -0.3 is 35.5 Å². The summed E-state index contributed by atoms with van der Waals surface area (Å²) in [5.74, 6) is -1.06. The maximum Gasteiger partial charge on any atom is 0.257 e. The number of aromatic nitrogens is 3. The van der Waals surface area contributed by atoms with Gasteiger partial charge in [-0.25, -0.2) is 4.68 Å². The fourth-order valence-electron chi connectivity index (χ4n) is 4.65. The summed E-state index contributed by atoms with van der Waals surface area (Å²) in [5.41, 5.74) is 1.56. The van der Waals surface area contributed by atoms with Crippen LogP contribution in [-0.4, -0.2) is 96.8 Å². The smallest absolute Gasteiger partial charge is 0.257 e. The van der Waals surface area contributed by atoms with Crippen molar-refractivity contribution in [3.05, 3.63) is 78.1 Å². The number of para-hydroxylation sites is 1. The van der Waals surface area contributed by atoms with Crippen LogP contribution >= 0.6 is 0 Å². The number of hydrogen-bond donors (Lipinski definition) is 4. The minimum absolute atomic E-state index is 0.0914. The van der Waals surface area contributed by atoms with E-state index in [2.05, 4.69) is 31.6 Å². The summed E-state index contributed by atoms with van der Waals surface area (Å²) < 4.78 is 17.9. The largest absolute Gasteiger partial charge is 0.484 e. The van der Waals surface area contributed by atoms with E-state index in [0.29, 0.717) is 37.4 Å². The maximum atomic E-state index is 13.5. The molecule has 246 valence electrons. The summed E-state index contributed by atoms with van der Waals surface area (Å²) in [6.45, 7) is 1.43. The molecule has 0 saturated carbocycles. The van der Waals surface area contributed by atoms with Gasteiger partial charge in [0, 0.05) is 25.7 Å². The Hall–Kier alpha value is -4.82. The van der Waals surface area contributed by atoms with Crippen LogP contribution in [0.5, 0.6) is 5.75 Å². The first-order valence-electron chi connectivity index (χ1n) is 15.4. The number of nitrogens with zero attached hydrogens (tertiary/aromatic N) is 3. The lowest BCUT2D eigenvalue weighted by molar-refractivity contribution is -0.133. The third kappa shape index (κ3) is 12.3. The second-order valence-corrected chi connectivity index (χ2v) is 10.7. The molecule has 2 unspecified atom stereocenters. The van der Waals surface area contributed by atoms with Gasteiger partial charge in [0.25, 0.3) is 5.91 Å². The first-order valence-corrected chi connectivity index (χ1v) is 15.4. The molecule has 3 aromatic rings. The predicted octanol–water partition coefficient (Wildman–Crippen LogP) is 0.367. The zero-order chi connectivity index (χ0) is 32.4. The zero-order valence-corrected chi connectivity index (χ0v) is 25.7. The molecule has 1 aliphatic heterocycles. The van der Waals surface area contributed by atoms with E-state index in [4.69, 9.17) is 14.2 Å². The number of nitrogens with one attached hydrogen (secondary N) is 4. The molecule has 2 heterocycles. The van der Waals surface area contributed by atoms with E-state index in [1.54, 1.807) is 23.0 Å². The fraction of sp³-hybridized carbons (Fsp3) is 0.438. The SMILES string of the molecule is O=C(COc1ccccc1)NCCCCC1NC(=O)COCCOCCNC(=O)C(Cc2cn(Cc3ccccc3)nn2)NC1=O. The number of amides is 4. The number of hydrogen-bond acceptors (Lipinski definition) is 9. The number of benzene rings is 2. The zero-order valence-electron chi connectivity index (χ0n) is 25.7. The third-order valence-corrected chi connectivity index (χ3v) is 6.98. The van der Waals surface area contributed by atoms with E-state index in [-0.39, 0.29) is 58.3 Å². The van der Waals surface area contributed by atoms with Gasteiger partial charge in [0.05, 0.1) is 32.1 Å². The van der Waals surface area contributed by atoms with Crippen LogP contribution in [0.2, 0.25) is 0 Å². The lowest BCUT2D eigenvalue weighted by Crippen LogP contribution is -2.55. The lowest BCUT2D eigenvalue weighted by atomic mass is 10.1. The average molecular weight is 636 g/mol. The second-order valence-electron chi connectivity index (χ2n) is 10.7. The molecule has 1 fully saturated rings. The van der Waals surface area contributed by atoms with Crippen molar-refractivity contribution in [1.82, 2.24) is 36.3 Å². The molecule has 1 aromatic heterocycles. The Balaban J connectivity index is 1.33. The summed E-state index contributed by atoms with van der Waals surface area (Å²) in [7, 11) is 0. The van der Waals surface area contributed by atoms with Crippen LogP contribution in [-0.2, 0) is 41.6 Å². The Kier molecular flexibility index (Phi) is 14.0. The monoisotopic (exact) mass is 635 g/mol. The Morgan fingerprint density at radius 3 is 2.48 bits per heavy atom. The number of rotatable bonds is 12. The predicted molar refractivity (Wildman–Crippen MR) is 167 cm³/mol. The summed E-state index contributed by atoms with van der Waals surface area (Å²) in [4.78, 5) is 51.4. The van der Waals surface area contributed by atoms with Gasteiger partial charge >= 0.3 is 0 Å². The summed E-state index contributed by atoms with van der Waals surface area (Å²) in [5, 5.41) is 19.5. The number of ether oxygens (including phenoxy) is 3. The van der Waals surface area contributed by atoms with Crippen molar-refractivity contribution in [3.63, 3.8) is 0 Å². The highest BCUT2D eigenvalue weighted by molar-refractivity contribution is 5.92. The molecule has 0 radical (unpaired) electrons. The van der Waals surface area contributed by atoms with E-state index >= 15 is 0 Å². The molecule has 14 nitrogen and oxygen atoms in total. The van der Waals surface area contributed by atoms with Gasteiger partial charge in [-0.2, -0.15) is 0 Å². The number of unbranched alkanes of at least 4 members (excludes halogenated alkanes) is 1. The molecule has 4 N–H and O–H groups in total. The van der Waals surface area contributed by atoms with Crippen molar-refractivity contribution in [1.29, 1.82) is 0 Å². The highest BCUT2D eigenvalue weighted by Crippen LogP contribution is 2.09. The Morgan fingerprint density at radius 2 is 1.67 bits per heavy atom. The molecule has 2 atom stereocenters. The number of carbonyl (C=O) groups excluding carboxylic acids is 4. The maximum absolute atomic E-state index is 13.5. The minimum atomic E-state index is -0.973. The van der Waals surface area contributed by atoms with Crippen LogP contribution in [0.1, 0.15) is 30.5 Å². The molecule has 1 saturated heterocycles. The van der Waals surface area contributed by atoms with Crippen LogP contribution in [0, 0.1) is 0 Å². The van der Waals surface area contributed by atoms with E-state index in [9.17, 15) is 19.2 Å².